The highest BCUT2D eigenvalue weighted by molar-refractivity contribution is 6.16. The molecule has 0 radical (unpaired) electrons. The van der Waals surface area contributed by atoms with E-state index in [0.29, 0.717) is 11.9 Å². The lowest BCUT2D eigenvalue weighted by Gasteiger charge is -2.26. The van der Waals surface area contributed by atoms with Gasteiger partial charge in [-0.05, 0) is 39.4 Å². The van der Waals surface area contributed by atoms with Crippen LogP contribution in [0.15, 0.2) is 6.07 Å². The molecule has 0 spiro atoms. The molecule has 1 unspecified atom stereocenters. The summed E-state index contributed by atoms with van der Waals surface area (Å²) in [6, 6.07) is 2.55. The summed E-state index contributed by atoms with van der Waals surface area (Å²) in [7, 11) is 4.24. The summed E-state index contributed by atoms with van der Waals surface area (Å²) in [5.74, 6) is 1.22. The fraction of sp³-hybridized carbons (Fsp3) is 0.692. The van der Waals surface area contributed by atoms with E-state index in [-0.39, 0.29) is 0 Å². The Hall–Kier alpha value is -0.870. The van der Waals surface area contributed by atoms with Crippen LogP contribution >= 0.6 is 11.6 Å². The maximum Gasteiger partial charge on any atom is 0.225 e. The van der Waals surface area contributed by atoms with Crippen molar-refractivity contribution in [3.8, 4) is 0 Å². The average molecular weight is 269 g/mol. The fourth-order valence-corrected chi connectivity index (χ4v) is 2.60. The molecule has 0 N–H and O–H groups in total. The summed E-state index contributed by atoms with van der Waals surface area (Å²) >= 11 is 5.85. The molecule has 100 valence electrons. The first-order valence-electron chi connectivity index (χ1n) is 6.42. The minimum absolute atomic E-state index is 0.438. The van der Waals surface area contributed by atoms with Gasteiger partial charge in [0, 0.05) is 25.3 Å². The highest BCUT2D eigenvalue weighted by atomic mass is 35.5. The van der Waals surface area contributed by atoms with Crippen LogP contribution in [0.4, 0.5) is 5.95 Å². The van der Waals surface area contributed by atoms with Gasteiger partial charge in [-0.3, -0.25) is 0 Å². The number of hydrogen-bond donors (Lipinski definition) is 0. The summed E-state index contributed by atoms with van der Waals surface area (Å²) in [6.07, 6.45) is 2.55. The SMILES string of the molecule is Cc1cc(CCl)nc(N(C)CC2CCCN2C)n1. The second-order valence-electron chi connectivity index (χ2n) is 5.09. The van der Waals surface area contributed by atoms with E-state index in [1.807, 2.05) is 13.0 Å². The van der Waals surface area contributed by atoms with Crippen molar-refractivity contribution in [2.45, 2.75) is 31.7 Å². The van der Waals surface area contributed by atoms with E-state index in [0.717, 1.165) is 23.9 Å². The predicted molar refractivity (Wildman–Crippen MR) is 75.2 cm³/mol. The number of hydrogen-bond acceptors (Lipinski definition) is 4. The zero-order valence-corrected chi connectivity index (χ0v) is 12.1. The normalized spacial score (nSPS) is 20.3. The lowest BCUT2D eigenvalue weighted by Crippen LogP contribution is -2.37. The first kappa shape index (κ1) is 13.6. The molecule has 4 nitrogen and oxygen atoms in total. The number of rotatable bonds is 4. The zero-order valence-electron chi connectivity index (χ0n) is 11.4. The van der Waals surface area contributed by atoms with Gasteiger partial charge >= 0.3 is 0 Å². The van der Waals surface area contributed by atoms with Crippen LogP contribution in [0, 0.1) is 6.92 Å². The third kappa shape index (κ3) is 3.12. The Kier molecular flexibility index (Phi) is 4.40. The maximum atomic E-state index is 5.85. The van der Waals surface area contributed by atoms with Crippen LogP contribution in [-0.4, -0.2) is 48.1 Å². The van der Waals surface area contributed by atoms with Crippen molar-refractivity contribution >= 4 is 17.5 Å². The molecule has 1 aromatic heterocycles. The summed E-state index contributed by atoms with van der Waals surface area (Å²) in [5, 5.41) is 0. The lowest BCUT2D eigenvalue weighted by atomic mass is 10.2. The Morgan fingerprint density at radius 3 is 2.89 bits per heavy atom. The average Bonchev–Trinajstić information content (AvgIpc) is 2.74. The fourth-order valence-electron chi connectivity index (χ4n) is 2.46. The van der Waals surface area contributed by atoms with Crippen molar-refractivity contribution in [1.29, 1.82) is 0 Å². The van der Waals surface area contributed by atoms with Crippen molar-refractivity contribution in [3.63, 3.8) is 0 Å². The van der Waals surface area contributed by atoms with Crippen molar-refractivity contribution < 1.29 is 0 Å². The molecule has 0 aliphatic carbocycles. The van der Waals surface area contributed by atoms with E-state index in [9.17, 15) is 0 Å². The van der Waals surface area contributed by atoms with Crippen molar-refractivity contribution in [2.75, 3.05) is 32.1 Å². The standard InChI is InChI=1S/C13H21ClN4/c1-10-7-11(8-14)16-13(15-10)18(3)9-12-5-4-6-17(12)2/h7,12H,4-6,8-9H2,1-3H3. The minimum atomic E-state index is 0.438. The molecule has 0 amide bonds. The monoisotopic (exact) mass is 268 g/mol. The molecule has 1 saturated heterocycles. The van der Waals surface area contributed by atoms with E-state index in [1.165, 1.54) is 19.4 Å². The second-order valence-corrected chi connectivity index (χ2v) is 5.36. The maximum absolute atomic E-state index is 5.85. The predicted octanol–water partition coefficient (Wildman–Crippen LogP) is 2.05. The van der Waals surface area contributed by atoms with Crippen LogP contribution in [0.5, 0.6) is 0 Å². The van der Waals surface area contributed by atoms with Crippen LogP contribution in [0.25, 0.3) is 0 Å². The Labute approximate surface area is 114 Å². The molecule has 0 saturated carbocycles. The summed E-state index contributed by atoms with van der Waals surface area (Å²) in [4.78, 5) is 13.5. The van der Waals surface area contributed by atoms with E-state index in [1.54, 1.807) is 0 Å². The van der Waals surface area contributed by atoms with Crippen LogP contribution in [0.3, 0.4) is 0 Å². The molecule has 1 atom stereocenters. The van der Waals surface area contributed by atoms with Crippen LogP contribution < -0.4 is 4.90 Å². The number of likely N-dealkylation sites (tertiary alicyclic amines) is 1. The first-order valence-corrected chi connectivity index (χ1v) is 6.95. The van der Waals surface area contributed by atoms with Gasteiger partial charge in [0.25, 0.3) is 0 Å². The van der Waals surface area contributed by atoms with E-state index in [2.05, 4.69) is 33.9 Å². The van der Waals surface area contributed by atoms with Crippen molar-refractivity contribution in [1.82, 2.24) is 14.9 Å². The number of nitrogens with zero attached hydrogens (tertiary/aromatic N) is 4. The van der Waals surface area contributed by atoms with Crippen LogP contribution in [0.1, 0.15) is 24.2 Å². The highest BCUT2D eigenvalue weighted by Gasteiger charge is 2.23. The molecular weight excluding hydrogens is 248 g/mol. The molecular formula is C13H21ClN4. The largest absolute Gasteiger partial charge is 0.342 e. The van der Waals surface area contributed by atoms with Gasteiger partial charge in [-0.15, -0.1) is 11.6 Å². The smallest absolute Gasteiger partial charge is 0.225 e. The quantitative estimate of drug-likeness (QED) is 0.783. The third-order valence-corrected chi connectivity index (χ3v) is 3.80. The molecule has 1 aliphatic heterocycles. The van der Waals surface area contributed by atoms with E-state index in [4.69, 9.17) is 11.6 Å². The topological polar surface area (TPSA) is 32.3 Å². The molecule has 18 heavy (non-hydrogen) atoms. The van der Waals surface area contributed by atoms with Crippen LogP contribution in [0.2, 0.25) is 0 Å². The Balaban J connectivity index is 2.08. The van der Waals surface area contributed by atoms with Crippen molar-refractivity contribution in [3.05, 3.63) is 17.5 Å². The Morgan fingerprint density at radius 2 is 2.28 bits per heavy atom. The molecule has 0 aromatic carbocycles. The molecule has 5 heteroatoms. The van der Waals surface area contributed by atoms with Gasteiger partial charge in [0.15, 0.2) is 0 Å². The van der Waals surface area contributed by atoms with Gasteiger partial charge in [0.1, 0.15) is 0 Å². The lowest BCUT2D eigenvalue weighted by molar-refractivity contribution is 0.313. The number of likely N-dealkylation sites (N-methyl/N-ethyl adjacent to an activating group) is 2. The molecule has 2 heterocycles. The minimum Gasteiger partial charge on any atom is -0.342 e. The van der Waals surface area contributed by atoms with Gasteiger partial charge < -0.3 is 9.80 Å². The summed E-state index contributed by atoms with van der Waals surface area (Å²) in [5.41, 5.74) is 1.87. The van der Waals surface area contributed by atoms with Crippen molar-refractivity contribution in [2.24, 2.45) is 0 Å². The summed E-state index contributed by atoms with van der Waals surface area (Å²) < 4.78 is 0. The second kappa shape index (κ2) is 5.85. The van der Waals surface area contributed by atoms with Gasteiger partial charge in [0.2, 0.25) is 5.95 Å². The van der Waals surface area contributed by atoms with Gasteiger partial charge in [-0.25, -0.2) is 9.97 Å². The Morgan fingerprint density at radius 1 is 1.50 bits per heavy atom. The Bertz CT molecular complexity index is 410. The number of halogens is 1. The molecule has 2 rings (SSSR count). The number of anilines is 1. The highest BCUT2D eigenvalue weighted by Crippen LogP contribution is 2.18. The zero-order chi connectivity index (χ0) is 13.1. The molecule has 0 bridgehead atoms. The number of aromatic nitrogens is 2. The summed E-state index contributed by atoms with van der Waals surface area (Å²) in [6.45, 7) is 4.15. The number of alkyl halides is 1. The molecule has 1 fully saturated rings. The first-order chi connectivity index (χ1) is 8.60. The van der Waals surface area contributed by atoms with Gasteiger partial charge in [0.05, 0.1) is 11.6 Å². The number of aryl methyl sites for hydroxylation is 1. The van der Waals surface area contributed by atoms with E-state index >= 15 is 0 Å². The third-order valence-electron chi connectivity index (χ3n) is 3.53. The van der Waals surface area contributed by atoms with Gasteiger partial charge in [-0.2, -0.15) is 0 Å². The van der Waals surface area contributed by atoms with Crippen LogP contribution in [-0.2, 0) is 5.88 Å². The molecule has 1 aromatic rings. The van der Waals surface area contributed by atoms with Gasteiger partial charge in [-0.1, -0.05) is 0 Å². The molecule has 1 aliphatic rings. The van der Waals surface area contributed by atoms with E-state index < -0.39 is 0 Å².